The van der Waals surface area contributed by atoms with Crippen molar-refractivity contribution in [2.45, 2.75) is 31.6 Å². The van der Waals surface area contributed by atoms with Crippen molar-refractivity contribution < 1.29 is 0 Å². The monoisotopic (exact) mass is 131 g/mol. The van der Waals surface area contributed by atoms with Crippen molar-refractivity contribution in [2.24, 2.45) is 5.92 Å². The van der Waals surface area contributed by atoms with Crippen molar-refractivity contribution in [2.75, 3.05) is 0 Å². The second kappa shape index (κ2) is 2.72. The molecule has 8 heavy (non-hydrogen) atoms. The van der Waals surface area contributed by atoms with Crippen molar-refractivity contribution in [3.8, 4) is 0 Å². The van der Waals surface area contributed by atoms with E-state index in [0.717, 1.165) is 12.3 Å². The first-order valence-electron chi connectivity index (χ1n) is 3.26. The van der Waals surface area contributed by atoms with Crippen molar-refractivity contribution >= 4 is 11.6 Å². The topological polar surface area (TPSA) is 0 Å². The molecule has 1 fully saturated rings. The minimum absolute atomic E-state index is 0.420. The van der Waals surface area contributed by atoms with Crippen LogP contribution < -0.4 is 0 Å². The maximum Gasteiger partial charge on any atom is 0.0364 e. The number of hydrogen-bond acceptors (Lipinski definition) is 0. The minimum Gasteiger partial charge on any atom is -0.123 e. The maximum absolute atomic E-state index is 5.94. The molecule has 0 aliphatic heterocycles. The van der Waals surface area contributed by atoms with Crippen molar-refractivity contribution in [1.29, 1.82) is 0 Å². The smallest absolute Gasteiger partial charge is 0.0364 e. The first-order valence-corrected chi connectivity index (χ1v) is 3.70. The Morgan fingerprint density at radius 1 is 1.62 bits per heavy atom. The fraction of sp³-hybridized carbons (Fsp3) is 0.857. The molecule has 0 amide bonds. The number of alkyl halides is 1. The third-order valence-corrected chi connectivity index (χ3v) is 2.44. The fourth-order valence-corrected chi connectivity index (χ4v) is 1.32. The summed E-state index contributed by atoms with van der Waals surface area (Å²) in [4.78, 5) is 0. The van der Waals surface area contributed by atoms with E-state index in [-0.39, 0.29) is 0 Å². The Kier molecular flexibility index (Phi) is 2.18. The molecule has 1 rings (SSSR count). The Morgan fingerprint density at radius 3 is 2.75 bits per heavy atom. The van der Waals surface area contributed by atoms with E-state index in [1.54, 1.807) is 0 Å². The number of hydrogen-bond donors (Lipinski definition) is 0. The van der Waals surface area contributed by atoms with Crippen LogP contribution in [-0.2, 0) is 0 Å². The zero-order valence-corrected chi connectivity index (χ0v) is 5.99. The van der Waals surface area contributed by atoms with Crippen molar-refractivity contribution in [1.82, 2.24) is 0 Å². The molecule has 1 heteroatoms. The fourth-order valence-electron chi connectivity index (χ4n) is 1.07. The molecule has 0 spiro atoms. The van der Waals surface area contributed by atoms with Crippen LogP contribution in [0.4, 0.5) is 0 Å². The van der Waals surface area contributed by atoms with Gasteiger partial charge >= 0.3 is 0 Å². The molecule has 0 heterocycles. The van der Waals surface area contributed by atoms with Gasteiger partial charge in [-0.1, -0.05) is 6.92 Å². The summed E-state index contributed by atoms with van der Waals surface area (Å²) in [7, 11) is 0. The second-order valence-corrected chi connectivity index (χ2v) is 3.16. The lowest BCUT2D eigenvalue weighted by Gasteiger charge is -2.22. The van der Waals surface area contributed by atoms with E-state index >= 15 is 0 Å². The molecule has 0 nitrogen and oxygen atoms in total. The molecule has 2 unspecified atom stereocenters. The molecule has 1 aliphatic carbocycles. The lowest BCUT2D eigenvalue weighted by molar-refractivity contribution is 0.447. The molecule has 47 valence electrons. The van der Waals surface area contributed by atoms with E-state index in [0.29, 0.717) is 5.38 Å². The van der Waals surface area contributed by atoms with Crippen LogP contribution in [0.3, 0.4) is 0 Å². The molecule has 1 aliphatic rings. The predicted octanol–water partition coefficient (Wildman–Crippen LogP) is 2.62. The third-order valence-electron chi connectivity index (χ3n) is 1.84. The van der Waals surface area contributed by atoms with E-state index in [9.17, 15) is 0 Å². The minimum atomic E-state index is 0.420. The summed E-state index contributed by atoms with van der Waals surface area (Å²) in [5.41, 5.74) is 0. The van der Waals surface area contributed by atoms with Gasteiger partial charge in [-0.25, -0.2) is 0 Å². The molecule has 2 atom stereocenters. The van der Waals surface area contributed by atoms with Crippen LogP contribution in [0.15, 0.2) is 0 Å². The number of rotatable bonds is 0. The van der Waals surface area contributed by atoms with E-state index in [2.05, 4.69) is 13.3 Å². The lowest BCUT2D eigenvalue weighted by atomic mass is 9.90. The van der Waals surface area contributed by atoms with Gasteiger partial charge in [0.25, 0.3) is 0 Å². The largest absolute Gasteiger partial charge is 0.123 e. The molecule has 0 aromatic rings. The first kappa shape index (κ1) is 6.41. The molecule has 1 saturated carbocycles. The summed E-state index contributed by atoms with van der Waals surface area (Å²) in [6, 6.07) is 0. The Bertz CT molecular complexity index is 60.8. The van der Waals surface area contributed by atoms with Gasteiger partial charge in [0.1, 0.15) is 0 Å². The van der Waals surface area contributed by atoms with Gasteiger partial charge in [0.15, 0.2) is 0 Å². The summed E-state index contributed by atoms with van der Waals surface area (Å²) < 4.78 is 0. The van der Waals surface area contributed by atoms with E-state index in [1.165, 1.54) is 12.8 Å². The second-order valence-electron chi connectivity index (χ2n) is 2.60. The van der Waals surface area contributed by atoms with Gasteiger partial charge in [-0.3, -0.25) is 0 Å². The summed E-state index contributed by atoms with van der Waals surface area (Å²) in [5, 5.41) is 0.420. The maximum atomic E-state index is 5.94. The van der Waals surface area contributed by atoms with Gasteiger partial charge in [0, 0.05) is 5.38 Å². The third kappa shape index (κ3) is 1.38. The molecule has 1 radical (unpaired) electrons. The van der Waals surface area contributed by atoms with Gasteiger partial charge < -0.3 is 0 Å². The predicted molar refractivity (Wildman–Crippen MR) is 37.0 cm³/mol. The summed E-state index contributed by atoms with van der Waals surface area (Å²) in [6.45, 7) is 2.23. The van der Waals surface area contributed by atoms with Crippen LogP contribution in [0.25, 0.3) is 0 Å². The van der Waals surface area contributed by atoms with Crippen LogP contribution in [0.1, 0.15) is 26.2 Å². The summed E-state index contributed by atoms with van der Waals surface area (Å²) >= 11 is 5.94. The van der Waals surface area contributed by atoms with Gasteiger partial charge in [-0.05, 0) is 31.6 Å². The molecule has 0 aromatic carbocycles. The average molecular weight is 132 g/mol. The average Bonchev–Trinajstić information content (AvgIpc) is 1.77. The van der Waals surface area contributed by atoms with Gasteiger partial charge in [0.05, 0.1) is 0 Å². The zero-order valence-electron chi connectivity index (χ0n) is 5.23. The van der Waals surface area contributed by atoms with Crippen LogP contribution in [0.5, 0.6) is 0 Å². The lowest BCUT2D eigenvalue weighted by Crippen LogP contribution is -2.16. The normalized spacial score (nSPS) is 39.8. The zero-order chi connectivity index (χ0) is 5.98. The molecule has 0 saturated heterocycles. The molecule has 0 N–H and O–H groups in total. The van der Waals surface area contributed by atoms with Crippen LogP contribution in [0.2, 0.25) is 0 Å². The Balaban J connectivity index is 2.28. The standard InChI is InChI=1S/C7H12Cl/c1-6-4-2-3-5-7(6)8/h3,6-7H,2,4-5H2,1H3. The van der Waals surface area contributed by atoms with Crippen molar-refractivity contribution in [3.05, 3.63) is 6.42 Å². The van der Waals surface area contributed by atoms with Crippen molar-refractivity contribution in [3.63, 3.8) is 0 Å². The van der Waals surface area contributed by atoms with Crippen LogP contribution in [0, 0.1) is 12.3 Å². The molecular weight excluding hydrogens is 120 g/mol. The van der Waals surface area contributed by atoms with E-state index < -0.39 is 0 Å². The molecule has 0 aromatic heterocycles. The van der Waals surface area contributed by atoms with Gasteiger partial charge in [0.2, 0.25) is 0 Å². The summed E-state index contributed by atoms with van der Waals surface area (Å²) in [6.07, 6.45) is 5.96. The highest BCUT2D eigenvalue weighted by Gasteiger charge is 2.17. The molecule has 0 bridgehead atoms. The highest BCUT2D eigenvalue weighted by atomic mass is 35.5. The number of halogens is 1. The SMILES string of the molecule is CC1CC[CH]CC1Cl. The van der Waals surface area contributed by atoms with E-state index in [4.69, 9.17) is 11.6 Å². The highest BCUT2D eigenvalue weighted by molar-refractivity contribution is 6.20. The van der Waals surface area contributed by atoms with Gasteiger partial charge in [-0.15, -0.1) is 11.6 Å². The van der Waals surface area contributed by atoms with Crippen LogP contribution in [-0.4, -0.2) is 5.38 Å². The first-order chi connectivity index (χ1) is 3.80. The van der Waals surface area contributed by atoms with E-state index in [1.807, 2.05) is 0 Å². The van der Waals surface area contributed by atoms with Crippen LogP contribution >= 0.6 is 11.6 Å². The highest BCUT2D eigenvalue weighted by Crippen LogP contribution is 2.26. The molecular formula is C7H12Cl. The summed E-state index contributed by atoms with van der Waals surface area (Å²) in [5.74, 6) is 0.738. The quantitative estimate of drug-likeness (QED) is 0.444. The Morgan fingerprint density at radius 2 is 2.38 bits per heavy atom. The van der Waals surface area contributed by atoms with Gasteiger partial charge in [-0.2, -0.15) is 0 Å². The Labute approximate surface area is 56.2 Å². The Hall–Kier alpha value is 0.290.